The number of nitrogens with zero attached hydrogens (tertiary/aromatic N) is 3. The number of primary amides is 1. The molecule has 2 heterocycles. The monoisotopic (exact) mass is 838 g/mol. The average Bonchev–Trinajstić information content (AvgIpc) is 3.68. The van der Waals surface area contributed by atoms with E-state index in [-0.39, 0.29) is 89.2 Å². The number of ether oxygens (including phenoxy) is 2. The Balaban J connectivity index is 0.000000812. The van der Waals surface area contributed by atoms with Gasteiger partial charge in [-0.2, -0.15) is 16.8 Å². The maximum atomic E-state index is 13.0. The van der Waals surface area contributed by atoms with Crippen LogP contribution in [0.2, 0.25) is 0 Å². The molecule has 0 saturated carbocycles. The molecule has 2 rings (SSSR count). The van der Waals surface area contributed by atoms with Crippen LogP contribution in [0.4, 0.5) is 0 Å². The van der Waals surface area contributed by atoms with Gasteiger partial charge in [0.1, 0.15) is 17.0 Å². The summed E-state index contributed by atoms with van der Waals surface area (Å²) in [7, 11) is -7.00. The molecule has 21 nitrogen and oxygen atoms in total. The molecule has 5 atom stereocenters. The second-order valence-electron chi connectivity index (χ2n) is 13.1. The summed E-state index contributed by atoms with van der Waals surface area (Å²) in [6.07, 6.45) is 5.02. The first-order valence-electron chi connectivity index (χ1n) is 18.5. The Morgan fingerprint density at radius 2 is 1.36 bits per heavy atom. The van der Waals surface area contributed by atoms with Gasteiger partial charge in [-0.05, 0) is 63.0 Å². The zero-order valence-electron chi connectivity index (χ0n) is 32.1. The predicted octanol–water partition coefficient (Wildman–Crippen LogP) is -0.0812. The summed E-state index contributed by atoms with van der Waals surface area (Å²) in [5.41, 5.74) is 13.6. The van der Waals surface area contributed by atoms with Crippen molar-refractivity contribution in [1.82, 2.24) is 21.3 Å². The van der Waals surface area contributed by atoms with Crippen LogP contribution in [-0.4, -0.2) is 129 Å². The van der Waals surface area contributed by atoms with Crippen molar-refractivity contribution in [3.8, 4) is 0 Å². The van der Waals surface area contributed by atoms with Gasteiger partial charge in [-0.3, -0.25) is 32.3 Å². The van der Waals surface area contributed by atoms with Crippen molar-refractivity contribution in [2.45, 2.75) is 75.7 Å². The van der Waals surface area contributed by atoms with Gasteiger partial charge in [0, 0.05) is 48.8 Å². The van der Waals surface area contributed by atoms with Gasteiger partial charge in [0.15, 0.2) is 0 Å². The summed E-state index contributed by atoms with van der Waals surface area (Å²) in [4.78, 5) is 62.0. The number of hydrogen-bond acceptors (Lipinski definition) is 14. The third-order valence-corrected chi connectivity index (χ3v) is 12.1. The molecule has 2 saturated heterocycles. The number of azide groups is 1. The van der Waals surface area contributed by atoms with E-state index < -0.39 is 54.4 Å². The summed E-state index contributed by atoms with van der Waals surface area (Å²) in [5.74, 6) is -3.29. The third kappa shape index (κ3) is 20.9. The highest BCUT2D eigenvalue weighted by Gasteiger charge is 2.34. The average molecular weight is 839 g/mol. The zero-order chi connectivity index (χ0) is 42.0. The van der Waals surface area contributed by atoms with Crippen LogP contribution in [0.5, 0.6) is 0 Å². The Hall–Kier alpha value is -3.86. The van der Waals surface area contributed by atoms with E-state index in [2.05, 4.69) is 42.1 Å². The fourth-order valence-electron chi connectivity index (χ4n) is 5.36. The molecule has 2 aliphatic rings. The van der Waals surface area contributed by atoms with E-state index in [0.717, 1.165) is 12.5 Å². The number of unbranched alkanes of at least 4 members (excludes halogenated alkanes) is 2. The molecule has 320 valence electrons. The van der Waals surface area contributed by atoms with Crippen molar-refractivity contribution in [3.63, 3.8) is 0 Å². The number of rotatable bonds is 27. The van der Waals surface area contributed by atoms with Crippen LogP contribution in [0.3, 0.4) is 0 Å². The third-order valence-electron chi connectivity index (χ3n) is 8.76. The van der Waals surface area contributed by atoms with Crippen molar-refractivity contribution >= 4 is 49.8 Å². The van der Waals surface area contributed by atoms with Gasteiger partial charge >= 0.3 is 0 Å². The summed E-state index contributed by atoms with van der Waals surface area (Å²) >= 11 is 0. The van der Waals surface area contributed by atoms with E-state index >= 15 is 0 Å². The molecular weight excluding hydrogens is 781 g/mol. The maximum absolute atomic E-state index is 13.0. The quantitative estimate of drug-likeness (QED) is 0.0181. The maximum Gasteiger partial charge on any atom is 0.272 e. The molecule has 0 aromatic rings. The highest BCUT2D eigenvalue weighted by atomic mass is 32.2. The van der Waals surface area contributed by atoms with Crippen LogP contribution < -0.4 is 27.0 Å². The second kappa shape index (κ2) is 27.7. The van der Waals surface area contributed by atoms with Gasteiger partial charge in [-0.1, -0.05) is 25.5 Å². The highest BCUT2D eigenvalue weighted by molar-refractivity contribution is 7.87. The molecule has 0 bridgehead atoms. The van der Waals surface area contributed by atoms with Gasteiger partial charge in [-0.25, -0.2) is 0 Å². The van der Waals surface area contributed by atoms with Gasteiger partial charge in [-0.15, -0.1) is 0 Å². The van der Waals surface area contributed by atoms with Gasteiger partial charge in [0.2, 0.25) is 29.5 Å². The Kier molecular flexibility index (Phi) is 24.8. The van der Waals surface area contributed by atoms with Crippen LogP contribution in [0.15, 0.2) is 17.8 Å². The lowest BCUT2D eigenvalue weighted by Crippen LogP contribution is -2.39. The van der Waals surface area contributed by atoms with Crippen molar-refractivity contribution < 1.29 is 58.6 Å². The lowest BCUT2D eigenvalue weighted by Gasteiger charge is -2.23. The minimum absolute atomic E-state index is 0.00524. The smallest absolute Gasteiger partial charge is 0.272 e. The van der Waals surface area contributed by atoms with E-state index in [4.69, 9.17) is 24.9 Å². The normalized spacial score (nSPS) is 19.5. The molecule has 5 unspecified atom stereocenters. The van der Waals surface area contributed by atoms with Crippen LogP contribution >= 0.6 is 0 Å². The summed E-state index contributed by atoms with van der Waals surface area (Å²) in [6, 6.07) is 0. The van der Waals surface area contributed by atoms with Crippen LogP contribution in [0.1, 0.15) is 65.2 Å². The summed E-state index contributed by atoms with van der Waals surface area (Å²) < 4.78 is 65.5. The van der Waals surface area contributed by atoms with Gasteiger partial charge in [0.05, 0.1) is 39.6 Å². The zero-order valence-corrected chi connectivity index (χ0v) is 33.8. The Bertz CT molecular complexity index is 1540. The minimum Gasteiger partial charge on any atom is -0.378 e. The van der Waals surface area contributed by atoms with Crippen molar-refractivity contribution in [2.24, 2.45) is 28.6 Å². The Morgan fingerprint density at radius 1 is 0.839 bits per heavy atom. The molecular formula is C33H58N8O13S2. The first-order valence-corrected chi connectivity index (χ1v) is 21.5. The van der Waals surface area contributed by atoms with E-state index in [0.29, 0.717) is 51.7 Å². The number of carbonyl (C=O) groups excluding carboxylic acids is 5. The fraction of sp³-hybridized carbons (Fsp3) is 0.788. The van der Waals surface area contributed by atoms with Crippen molar-refractivity contribution in [1.29, 1.82) is 0 Å². The largest absolute Gasteiger partial charge is 0.378 e. The SMILES string of the molecule is C=CC(=O)NCCOCC1CCOS1(=O)=O.CCC(CC(CC(C)C(N)=O)C(=O)NCCCCCNC(=O)CN=[N+]=[N-])C(=O)NCCOCC1CCOS1(=O)=O. The van der Waals surface area contributed by atoms with E-state index in [1.165, 1.54) is 0 Å². The van der Waals surface area contributed by atoms with E-state index in [1.54, 1.807) is 6.92 Å². The van der Waals surface area contributed by atoms with Crippen LogP contribution in [0, 0.1) is 17.8 Å². The van der Waals surface area contributed by atoms with Gasteiger partial charge < -0.3 is 36.5 Å². The lowest BCUT2D eigenvalue weighted by molar-refractivity contribution is -0.129. The molecule has 2 fully saturated rings. The lowest BCUT2D eigenvalue weighted by atomic mass is 9.85. The molecule has 56 heavy (non-hydrogen) atoms. The number of nitrogens with two attached hydrogens (primary N) is 1. The molecule has 2 aliphatic heterocycles. The summed E-state index contributed by atoms with van der Waals surface area (Å²) in [5, 5.41) is 12.7. The standard InChI is InChI=1S/C24H43N7O8S.C9H15NO5S/c1-3-18(23(34)29-10-12-38-16-20-7-11-39-40(20,36)37)14-19(13-17(2)22(25)33)24(35)28-9-6-4-5-8-27-21(32)15-30-31-26;1-2-9(11)10-4-6-14-7-8-3-5-15-16(8,12)13/h17-20H,3-16H2,1-2H3,(H2,25,33)(H,27,32)(H,28,35)(H,29,34);2,8H,1,3-7H2,(H,10,11). The second-order valence-corrected chi connectivity index (χ2v) is 16.8. The minimum atomic E-state index is -3.58. The molecule has 23 heteroatoms. The van der Waals surface area contributed by atoms with Crippen molar-refractivity contribution in [2.75, 3.05) is 72.4 Å². The molecule has 0 radical (unpaired) electrons. The Labute approximate surface area is 328 Å². The van der Waals surface area contributed by atoms with Crippen LogP contribution in [-0.2, 0) is 62.0 Å². The molecule has 5 amide bonds. The topological polar surface area (TPSA) is 313 Å². The number of carbonyl (C=O) groups is 5. The molecule has 6 N–H and O–H groups in total. The fourth-order valence-corrected chi connectivity index (χ4v) is 7.70. The molecule has 0 aliphatic carbocycles. The first-order chi connectivity index (χ1) is 26.6. The molecule has 0 aromatic heterocycles. The number of amides is 5. The Morgan fingerprint density at radius 3 is 1.84 bits per heavy atom. The highest BCUT2D eigenvalue weighted by Crippen LogP contribution is 2.23. The van der Waals surface area contributed by atoms with Crippen LogP contribution in [0.25, 0.3) is 10.4 Å². The van der Waals surface area contributed by atoms with E-state index in [9.17, 15) is 40.8 Å². The first kappa shape index (κ1) is 50.2. The summed E-state index contributed by atoms with van der Waals surface area (Å²) in [6.45, 7) is 8.75. The number of nitrogens with one attached hydrogen (secondary N) is 4. The predicted molar refractivity (Wildman–Crippen MR) is 203 cm³/mol. The van der Waals surface area contributed by atoms with E-state index in [1.807, 2.05) is 6.92 Å². The number of hydrogen-bond donors (Lipinski definition) is 5. The van der Waals surface area contributed by atoms with Gasteiger partial charge in [0.25, 0.3) is 20.2 Å². The molecule has 0 spiro atoms. The molecule has 0 aromatic carbocycles. The van der Waals surface area contributed by atoms with Crippen molar-refractivity contribution in [3.05, 3.63) is 23.1 Å².